The van der Waals surface area contributed by atoms with Gasteiger partial charge in [0, 0.05) is 11.1 Å². The Morgan fingerprint density at radius 2 is 2.50 bits per heavy atom. The van der Waals surface area contributed by atoms with Crippen LogP contribution in [0.4, 0.5) is 5.69 Å². The van der Waals surface area contributed by atoms with Crippen molar-refractivity contribution in [3.05, 3.63) is 32.7 Å². The van der Waals surface area contributed by atoms with Crippen molar-refractivity contribution in [2.24, 2.45) is 5.73 Å². The molecule has 7 heteroatoms. The van der Waals surface area contributed by atoms with Crippen molar-refractivity contribution in [3.63, 3.8) is 0 Å². The van der Waals surface area contributed by atoms with Crippen LogP contribution in [0.2, 0.25) is 0 Å². The highest BCUT2D eigenvalue weighted by atomic mass is 79.9. The van der Waals surface area contributed by atoms with Crippen LogP contribution in [0.3, 0.4) is 0 Å². The zero-order valence-electron chi connectivity index (χ0n) is 10.8. The Bertz CT molecular complexity index is 636. The predicted molar refractivity (Wildman–Crippen MR) is 82.7 cm³/mol. The van der Waals surface area contributed by atoms with E-state index in [-0.39, 0.29) is 12.5 Å². The summed E-state index contributed by atoms with van der Waals surface area (Å²) in [6.45, 7) is 0.113. The number of fused-ring (bicyclic) bond motifs is 1. The van der Waals surface area contributed by atoms with Gasteiger partial charge in [-0.25, -0.2) is 0 Å². The Hall–Kier alpha value is -1.34. The van der Waals surface area contributed by atoms with Gasteiger partial charge in [-0.1, -0.05) is 0 Å². The van der Waals surface area contributed by atoms with Crippen molar-refractivity contribution in [1.82, 2.24) is 9.78 Å². The number of hydrogen-bond donors (Lipinski definition) is 2. The van der Waals surface area contributed by atoms with Gasteiger partial charge in [0.05, 0.1) is 21.7 Å². The molecule has 2 aromatic rings. The first-order valence-corrected chi connectivity index (χ1v) is 8.08. The molecule has 3 rings (SSSR count). The first-order chi connectivity index (χ1) is 9.61. The number of anilines is 1. The molecule has 0 saturated heterocycles. The average molecular weight is 355 g/mol. The molecule has 3 N–H and O–H groups in total. The number of nitrogens with zero attached hydrogens (tertiary/aromatic N) is 2. The third-order valence-electron chi connectivity index (χ3n) is 3.38. The number of carbonyl (C=O) groups excluding carboxylic acids is 1. The molecule has 0 radical (unpaired) electrons. The molecule has 20 heavy (non-hydrogen) atoms. The molecule has 106 valence electrons. The van der Waals surface area contributed by atoms with Crippen molar-refractivity contribution in [2.75, 3.05) is 5.32 Å². The fourth-order valence-electron chi connectivity index (χ4n) is 2.56. The molecular weight excluding hydrogens is 340 g/mol. The summed E-state index contributed by atoms with van der Waals surface area (Å²) in [6, 6.07) is 2.51. The molecule has 0 saturated carbocycles. The van der Waals surface area contributed by atoms with Gasteiger partial charge >= 0.3 is 0 Å². The fraction of sp³-hybridized carbons (Fsp3) is 0.385. The SMILES string of the molecule is NC(=O)Cn1cc(NC2CCCc3sc(Br)cc32)cn1. The largest absolute Gasteiger partial charge is 0.376 e. The number of nitrogens with two attached hydrogens (primary N) is 1. The Kier molecular flexibility index (Phi) is 3.80. The molecular formula is C13H15BrN4OS. The van der Waals surface area contributed by atoms with Crippen molar-refractivity contribution in [1.29, 1.82) is 0 Å². The zero-order valence-corrected chi connectivity index (χ0v) is 13.2. The summed E-state index contributed by atoms with van der Waals surface area (Å²) in [5.41, 5.74) is 7.45. The molecule has 1 atom stereocenters. The number of nitrogens with one attached hydrogen (secondary N) is 1. The van der Waals surface area contributed by atoms with E-state index in [0.717, 1.165) is 18.5 Å². The molecule has 1 aliphatic rings. The van der Waals surface area contributed by atoms with Crippen molar-refractivity contribution in [3.8, 4) is 0 Å². The quantitative estimate of drug-likeness (QED) is 0.886. The Labute approximate surface area is 129 Å². The van der Waals surface area contributed by atoms with E-state index in [0.29, 0.717) is 6.04 Å². The molecule has 0 aliphatic heterocycles. The fourth-order valence-corrected chi connectivity index (χ4v) is 4.38. The smallest absolute Gasteiger partial charge is 0.239 e. The second kappa shape index (κ2) is 5.57. The van der Waals surface area contributed by atoms with Gasteiger partial charge in [0.1, 0.15) is 6.54 Å². The molecule has 1 unspecified atom stereocenters. The summed E-state index contributed by atoms with van der Waals surface area (Å²) in [5.74, 6) is -0.388. The van der Waals surface area contributed by atoms with Crippen molar-refractivity contribution >= 4 is 38.9 Å². The Balaban J connectivity index is 1.75. The number of aromatic nitrogens is 2. The molecule has 5 nitrogen and oxygen atoms in total. The van der Waals surface area contributed by atoms with Crippen LogP contribution < -0.4 is 11.1 Å². The Morgan fingerprint density at radius 1 is 1.65 bits per heavy atom. The zero-order chi connectivity index (χ0) is 14.1. The van der Waals surface area contributed by atoms with Crippen LogP contribution in [0, 0.1) is 0 Å². The van der Waals surface area contributed by atoms with E-state index in [1.54, 1.807) is 10.9 Å². The van der Waals surface area contributed by atoms with Crippen LogP contribution in [0.1, 0.15) is 29.3 Å². The lowest BCUT2D eigenvalue weighted by Crippen LogP contribution is -2.19. The van der Waals surface area contributed by atoms with Gasteiger partial charge in [-0.15, -0.1) is 11.3 Å². The lowest BCUT2D eigenvalue weighted by molar-refractivity contribution is -0.118. The van der Waals surface area contributed by atoms with E-state index >= 15 is 0 Å². The van der Waals surface area contributed by atoms with Gasteiger partial charge in [-0.2, -0.15) is 5.10 Å². The number of amides is 1. The summed E-state index contributed by atoms with van der Waals surface area (Å²) in [6.07, 6.45) is 7.01. The third-order valence-corrected chi connectivity index (χ3v) is 5.09. The third kappa shape index (κ3) is 2.88. The minimum absolute atomic E-state index is 0.113. The normalized spacial score (nSPS) is 17.8. The van der Waals surface area contributed by atoms with Crippen LogP contribution in [0.25, 0.3) is 0 Å². The molecule has 2 aromatic heterocycles. The van der Waals surface area contributed by atoms with Crippen LogP contribution in [-0.2, 0) is 17.8 Å². The number of thiophene rings is 1. The predicted octanol–water partition coefficient (Wildman–Crippen LogP) is 2.68. The molecule has 1 aliphatic carbocycles. The van der Waals surface area contributed by atoms with Crippen molar-refractivity contribution in [2.45, 2.75) is 31.8 Å². The average Bonchev–Trinajstić information content (AvgIpc) is 2.95. The minimum atomic E-state index is -0.388. The maximum Gasteiger partial charge on any atom is 0.239 e. The van der Waals surface area contributed by atoms with Gasteiger partial charge in [-0.05, 0) is 46.8 Å². The topological polar surface area (TPSA) is 72.9 Å². The minimum Gasteiger partial charge on any atom is -0.376 e. The van der Waals surface area contributed by atoms with Crippen LogP contribution in [0.5, 0.6) is 0 Å². The van der Waals surface area contributed by atoms with E-state index in [1.165, 1.54) is 20.6 Å². The highest BCUT2D eigenvalue weighted by Gasteiger charge is 2.22. The Morgan fingerprint density at radius 3 is 3.30 bits per heavy atom. The van der Waals surface area contributed by atoms with Gasteiger partial charge in [0.25, 0.3) is 0 Å². The lowest BCUT2D eigenvalue weighted by atomic mass is 9.94. The molecule has 0 spiro atoms. The van der Waals surface area contributed by atoms with E-state index in [2.05, 4.69) is 32.4 Å². The van der Waals surface area contributed by atoms with Crippen LogP contribution in [0.15, 0.2) is 22.2 Å². The molecule has 1 amide bonds. The lowest BCUT2D eigenvalue weighted by Gasteiger charge is -2.23. The number of aryl methyl sites for hydroxylation is 1. The summed E-state index contributed by atoms with van der Waals surface area (Å²) >= 11 is 5.37. The summed E-state index contributed by atoms with van der Waals surface area (Å²) in [5, 5.41) is 7.62. The van der Waals surface area contributed by atoms with Gasteiger partial charge < -0.3 is 11.1 Å². The highest BCUT2D eigenvalue weighted by Crippen LogP contribution is 2.39. The monoisotopic (exact) mass is 354 g/mol. The van der Waals surface area contributed by atoms with Crippen LogP contribution >= 0.6 is 27.3 Å². The van der Waals surface area contributed by atoms with Crippen LogP contribution in [-0.4, -0.2) is 15.7 Å². The van der Waals surface area contributed by atoms with Crippen molar-refractivity contribution < 1.29 is 4.79 Å². The second-order valence-corrected chi connectivity index (χ2v) is 7.43. The van der Waals surface area contributed by atoms with Gasteiger partial charge in [-0.3, -0.25) is 9.48 Å². The summed E-state index contributed by atoms with van der Waals surface area (Å²) in [4.78, 5) is 12.3. The molecule has 0 fully saturated rings. The van der Waals surface area contributed by atoms with Gasteiger partial charge in [0.2, 0.25) is 5.91 Å². The summed E-state index contributed by atoms with van der Waals surface area (Å²) < 4.78 is 2.73. The standard InChI is InChI=1S/C13H15BrN4OS/c14-12-4-9-10(2-1-3-11(9)20-12)17-8-5-16-18(6-8)7-13(15)19/h4-6,10,17H,1-3,7H2,(H2,15,19). The first kappa shape index (κ1) is 13.6. The molecule has 2 heterocycles. The maximum atomic E-state index is 10.9. The molecule has 0 bridgehead atoms. The number of primary amides is 1. The second-order valence-electron chi connectivity index (χ2n) is 4.91. The maximum absolute atomic E-state index is 10.9. The molecule has 0 aromatic carbocycles. The van der Waals surface area contributed by atoms with Gasteiger partial charge in [0.15, 0.2) is 0 Å². The number of rotatable bonds is 4. The van der Waals surface area contributed by atoms with E-state index < -0.39 is 0 Å². The number of halogens is 1. The van der Waals surface area contributed by atoms with E-state index in [1.807, 2.05) is 17.5 Å². The van der Waals surface area contributed by atoms with E-state index in [4.69, 9.17) is 5.73 Å². The number of carbonyl (C=O) groups is 1. The number of hydrogen-bond acceptors (Lipinski definition) is 4. The summed E-state index contributed by atoms with van der Waals surface area (Å²) in [7, 11) is 0. The highest BCUT2D eigenvalue weighted by molar-refractivity contribution is 9.11. The first-order valence-electron chi connectivity index (χ1n) is 6.47. The van der Waals surface area contributed by atoms with E-state index in [9.17, 15) is 4.79 Å².